The Labute approximate surface area is 195 Å². The summed E-state index contributed by atoms with van der Waals surface area (Å²) in [4.78, 5) is 0. The summed E-state index contributed by atoms with van der Waals surface area (Å²) in [5.41, 5.74) is 2.97. The van der Waals surface area contributed by atoms with Crippen LogP contribution in [0.25, 0.3) is 0 Å². The minimum absolute atomic E-state index is 0.269. The third kappa shape index (κ3) is 4.55. The van der Waals surface area contributed by atoms with Crippen LogP contribution in [-0.2, 0) is 0 Å². The molecule has 0 radical (unpaired) electrons. The fourth-order valence-electron chi connectivity index (χ4n) is 7.16. The molecular weight excluding hydrogens is 392 g/mol. The molecule has 3 heteroatoms. The van der Waals surface area contributed by atoms with Gasteiger partial charge in [0.2, 0.25) is 0 Å². The van der Waals surface area contributed by atoms with E-state index in [0.29, 0.717) is 34.8 Å². The van der Waals surface area contributed by atoms with Crippen molar-refractivity contribution in [3.8, 4) is 17.9 Å². The topological polar surface area (TPSA) is 56.8 Å². The van der Waals surface area contributed by atoms with E-state index in [9.17, 15) is 10.5 Å². The predicted octanol–water partition coefficient (Wildman–Crippen LogP) is 8.02. The first-order valence-electron chi connectivity index (χ1n) is 13.2. The highest BCUT2D eigenvalue weighted by molar-refractivity contribution is 5.58. The Bertz CT molecular complexity index is 857. The Morgan fingerprint density at radius 1 is 0.844 bits per heavy atom. The second kappa shape index (κ2) is 9.87. The number of nitriles is 2. The average molecular weight is 433 g/mol. The van der Waals surface area contributed by atoms with E-state index in [4.69, 9.17) is 4.74 Å². The molecule has 4 aliphatic carbocycles. The Hall–Kier alpha value is -2.00. The van der Waals surface area contributed by atoms with Crippen LogP contribution in [0.1, 0.15) is 126 Å². The first-order chi connectivity index (χ1) is 15.6. The molecule has 0 N–H and O–H groups in total. The molecule has 172 valence electrons. The zero-order valence-corrected chi connectivity index (χ0v) is 20.2. The van der Waals surface area contributed by atoms with Gasteiger partial charge >= 0.3 is 0 Å². The maximum Gasteiger partial charge on any atom is 0.138 e. The van der Waals surface area contributed by atoms with Crippen molar-refractivity contribution in [2.24, 2.45) is 16.7 Å². The van der Waals surface area contributed by atoms with E-state index in [-0.39, 0.29) is 5.41 Å². The van der Waals surface area contributed by atoms with E-state index in [1.165, 1.54) is 77.0 Å². The first-order valence-corrected chi connectivity index (χ1v) is 13.2. The molecule has 0 saturated heterocycles. The van der Waals surface area contributed by atoms with Crippen LogP contribution in [0.15, 0.2) is 12.1 Å². The van der Waals surface area contributed by atoms with Crippen LogP contribution in [-0.4, -0.2) is 6.61 Å². The lowest BCUT2D eigenvalue weighted by Gasteiger charge is -2.53. The summed E-state index contributed by atoms with van der Waals surface area (Å²) in [6.07, 6.45) is 17.7. The normalized spacial score (nSPS) is 31.6. The van der Waals surface area contributed by atoms with E-state index in [1.807, 2.05) is 6.07 Å². The molecule has 1 aromatic carbocycles. The monoisotopic (exact) mass is 432 g/mol. The van der Waals surface area contributed by atoms with Crippen LogP contribution >= 0.6 is 0 Å². The lowest BCUT2D eigenvalue weighted by molar-refractivity contribution is -0.0402. The molecule has 0 heterocycles. The van der Waals surface area contributed by atoms with Gasteiger partial charge in [-0.1, -0.05) is 39.2 Å². The molecular formula is C29H40N2O. The van der Waals surface area contributed by atoms with E-state index in [1.54, 1.807) is 0 Å². The average Bonchev–Trinajstić information content (AvgIpc) is 2.84. The van der Waals surface area contributed by atoms with Gasteiger partial charge in [-0.3, -0.25) is 0 Å². The van der Waals surface area contributed by atoms with Crippen molar-refractivity contribution in [2.45, 2.75) is 110 Å². The number of ether oxygens (including phenoxy) is 1. The number of hydrogen-bond donors (Lipinski definition) is 0. The molecule has 2 bridgehead atoms. The Morgan fingerprint density at radius 3 is 2.03 bits per heavy atom. The summed E-state index contributed by atoms with van der Waals surface area (Å²) < 4.78 is 6.34. The van der Waals surface area contributed by atoms with Gasteiger partial charge in [0.05, 0.1) is 12.2 Å². The van der Waals surface area contributed by atoms with Gasteiger partial charge in [-0.25, -0.2) is 0 Å². The third-order valence-electron chi connectivity index (χ3n) is 9.28. The number of hydrogen-bond acceptors (Lipinski definition) is 3. The SMILES string of the molecule is CCCC1CCC(c2ccc(OCC34CCC(CCC)(CC3)CC4)c(C#N)c2C#N)CC1. The Morgan fingerprint density at radius 2 is 1.47 bits per heavy atom. The third-order valence-corrected chi connectivity index (χ3v) is 9.28. The minimum Gasteiger partial charge on any atom is -0.492 e. The van der Waals surface area contributed by atoms with Crippen molar-refractivity contribution in [1.29, 1.82) is 10.5 Å². The Kier molecular flexibility index (Phi) is 7.14. The van der Waals surface area contributed by atoms with Gasteiger partial charge in [-0.05, 0) is 99.5 Å². The van der Waals surface area contributed by atoms with Gasteiger partial charge in [-0.15, -0.1) is 0 Å². The van der Waals surface area contributed by atoms with Crippen molar-refractivity contribution >= 4 is 0 Å². The fourth-order valence-corrected chi connectivity index (χ4v) is 7.16. The number of fused-ring (bicyclic) bond motifs is 3. The Balaban J connectivity index is 1.46. The maximum atomic E-state index is 9.96. The van der Waals surface area contributed by atoms with Gasteiger partial charge in [0.25, 0.3) is 0 Å². The first kappa shape index (κ1) is 23.2. The van der Waals surface area contributed by atoms with Crippen LogP contribution < -0.4 is 4.74 Å². The molecule has 4 fully saturated rings. The predicted molar refractivity (Wildman–Crippen MR) is 128 cm³/mol. The van der Waals surface area contributed by atoms with Crippen LogP contribution in [0.2, 0.25) is 0 Å². The quantitative estimate of drug-likeness (QED) is 0.418. The molecule has 0 unspecified atom stereocenters. The van der Waals surface area contributed by atoms with Crippen molar-refractivity contribution in [1.82, 2.24) is 0 Å². The second-order valence-corrected chi connectivity index (χ2v) is 11.2. The van der Waals surface area contributed by atoms with Crippen LogP contribution in [0.5, 0.6) is 5.75 Å². The van der Waals surface area contributed by atoms with Crippen LogP contribution in [0, 0.1) is 39.4 Å². The van der Waals surface area contributed by atoms with E-state index < -0.39 is 0 Å². The second-order valence-electron chi connectivity index (χ2n) is 11.2. The molecule has 4 aliphatic rings. The molecule has 0 amide bonds. The number of rotatable bonds is 8. The largest absolute Gasteiger partial charge is 0.492 e. The van der Waals surface area contributed by atoms with Crippen LogP contribution in [0.3, 0.4) is 0 Å². The summed E-state index contributed by atoms with van der Waals surface area (Å²) in [5.74, 6) is 1.86. The van der Waals surface area contributed by atoms with E-state index >= 15 is 0 Å². The fraction of sp³-hybridized carbons (Fsp3) is 0.724. The molecule has 0 aliphatic heterocycles. The highest BCUT2D eigenvalue weighted by Gasteiger charge is 2.48. The summed E-state index contributed by atoms with van der Waals surface area (Å²) in [6.45, 7) is 5.26. The van der Waals surface area contributed by atoms with Gasteiger partial charge in [-0.2, -0.15) is 10.5 Å². The molecule has 0 spiro atoms. The maximum absolute atomic E-state index is 9.96. The lowest BCUT2D eigenvalue weighted by Crippen LogP contribution is -2.44. The molecule has 32 heavy (non-hydrogen) atoms. The summed E-state index contributed by atoms with van der Waals surface area (Å²) in [6, 6.07) is 8.77. The summed E-state index contributed by atoms with van der Waals surface area (Å²) >= 11 is 0. The number of nitrogens with zero attached hydrogens (tertiary/aromatic N) is 2. The number of benzene rings is 1. The summed E-state index contributed by atoms with van der Waals surface area (Å²) in [7, 11) is 0. The molecule has 4 saturated carbocycles. The van der Waals surface area contributed by atoms with Crippen molar-refractivity contribution in [3.63, 3.8) is 0 Å². The lowest BCUT2D eigenvalue weighted by atomic mass is 9.53. The van der Waals surface area contributed by atoms with Crippen LogP contribution in [0.4, 0.5) is 0 Å². The zero-order valence-electron chi connectivity index (χ0n) is 20.2. The van der Waals surface area contributed by atoms with Gasteiger partial charge < -0.3 is 4.74 Å². The standard InChI is InChI=1S/C29H40N2O/c1-3-5-22-6-8-23(9-7-22)24-10-11-27(26(20-31)25(24)19-30)32-21-29-16-13-28(12-4-2,14-17-29)15-18-29/h10-11,22-23H,3-9,12-18,21H2,1-2H3. The smallest absolute Gasteiger partial charge is 0.138 e. The molecule has 5 rings (SSSR count). The van der Waals surface area contributed by atoms with Crippen molar-refractivity contribution < 1.29 is 4.74 Å². The molecule has 3 nitrogen and oxygen atoms in total. The molecule has 0 atom stereocenters. The van der Waals surface area contributed by atoms with Gasteiger partial charge in [0.15, 0.2) is 0 Å². The van der Waals surface area contributed by atoms with Crippen molar-refractivity contribution in [3.05, 3.63) is 28.8 Å². The molecule has 0 aromatic heterocycles. The van der Waals surface area contributed by atoms with E-state index in [0.717, 1.165) is 24.3 Å². The van der Waals surface area contributed by atoms with Crippen molar-refractivity contribution in [2.75, 3.05) is 6.61 Å². The highest BCUT2D eigenvalue weighted by Crippen LogP contribution is 2.58. The zero-order chi connectivity index (χ0) is 22.6. The summed E-state index contributed by atoms with van der Waals surface area (Å²) in [5, 5.41) is 19.9. The van der Waals surface area contributed by atoms with E-state index in [2.05, 4.69) is 32.1 Å². The van der Waals surface area contributed by atoms with Gasteiger partial charge in [0, 0.05) is 5.41 Å². The van der Waals surface area contributed by atoms with Gasteiger partial charge in [0.1, 0.15) is 23.5 Å². The highest BCUT2D eigenvalue weighted by atomic mass is 16.5. The molecule has 1 aromatic rings. The minimum atomic E-state index is 0.269.